The van der Waals surface area contributed by atoms with E-state index in [2.05, 4.69) is 49.6 Å². The maximum Gasteiger partial charge on any atom is 0.407 e. The number of alkyl carbamates (subject to hydrolysis) is 1. The van der Waals surface area contributed by atoms with Crippen LogP contribution in [0.1, 0.15) is 63.8 Å². The highest BCUT2D eigenvalue weighted by molar-refractivity contribution is 5.68. The summed E-state index contributed by atoms with van der Waals surface area (Å²) >= 11 is 0. The molecule has 0 radical (unpaired) electrons. The van der Waals surface area contributed by atoms with Gasteiger partial charge in [0.15, 0.2) is 0 Å². The summed E-state index contributed by atoms with van der Waals surface area (Å²) in [6, 6.07) is 6.90. The first-order valence-corrected chi connectivity index (χ1v) is 8.38. The van der Waals surface area contributed by atoms with Crippen LogP contribution < -0.4 is 10.6 Å². The molecule has 2 atom stereocenters. The Balaban J connectivity index is 2.38. The van der Waals surface area contributed by atoms with Gasteiger partial charge in [0, 0.05) is 12.1 Å². The molecule has 0 fully saturated rings. The molecule has 1 rings (SSSR count). The molecule has 0 aliphatic carbocycles. The summed E-state index contributed by atoms with van der Waals surface area (Å²) < 4.78 is 5.26. The Kier molecular flexibility index (Phi) is 7.07. The Bertz CT molecular complexity index is 521. The topological polar surface area (TPSA) is 50.4 Å². The molecule has 0 aromatic heterocycles. The summed E-state index contributed by atoms with van der Waals surface area (Å²) in [4.78, 5) is 11.7. The van der Waals surface area contributed by atoms with Crippen molar-refractivity contribution in [2.24, 2.45) is 0 Å². The van der Waals surface area contributed by atoms with Crippen LogP contribution in [0, 0.1) is 13.8 Å². The molecule has 0 aliphatic heterocycles. The van der Waals surface area contributed by atoms with E-state index in [0.29, 0.717) is 6.04 Å². The van der Waals surface area contributed by atoms with Gasteiger partial charge in [0.1, 0.15) is 5.60 Å². The van der Waals surface area contributed by atoms with Gasteiger partial charge in [-0.1, -0.05) is 23.8 Å². The van der Waals surface area contributed by atoms with E-state index in [1.54, 1.807) is 0 Å². The molecule has 0 bridgehead atoms. The lowest BCUT2D eigenvalue weighted by Gasteiger charge is -2.22. The maximum absolute atomic E-state index is 11.7. The van der Waals surface area contributed by atoms with Gasteiger partial charge in [-0.2, -0.15) is 0 Å². The van der Waals surface area contributed by atoms with Gasteiger partial charge in [-0.15, -0.1) is 0 Å². The monoisotopic (exact) mass is 320 g/mol. The number of ether oxygens (including phenoxy) is 1. The molecule has 1 amide bonds. The van der Waals surface area contributed by atoms with Crippen molar-refractivity contribution < 1.29 is 9.53 Å². The number of amides is 1. The largest absolute Gasteiger partial charge is 0.444 e. The Hall–Kier alpha value is -1.55. The molecule has 23 heavy (non-hydrogen) atoms. The average molecular weight is 320 g/mol. The molecule has 0 spiro atoms. The SMILES string of the molecule is Cc1ccc(C)c(C(C)NCCC(C)NC(=O)OC(C)(C)C)c1. The summed E-state index contributed by atoms with van der Waals surface area (Å²) in [5, 5.41) is 6.40. The summed E-state index contributed by atoms with van der Waals surface area (Å²) in [5.41, 5.74) is 3.45. The van der Waals surface area contributed by atoms with E-state index in [9.17, 15) is 4.79 Å². The predicted octanol–water partition coefficient (Wildman–Crippen LogP) is 4.26. The van der Waals surface area contributed by atoms with Crippen molar-refractivity contribution in [2.45, 2.75) is 72.6 Å². The summed E-state index contributed by atoms with van der Waals surface area (Å²) in [6.07, 6.45) is 0.502. The molecule has 4 heteroatoms. The number of benzene rings is 1. The Labute approximate surface area is 141 Å². The lowest BCUT2D eigenvalue weighted by atomic mass is 10.00. The van der Waals surface area contributed by atoms with Crippen LogP contribution in [0.3, 0.4) is 0 Å². The van der Waals surface area contributed by atoms with Crippen molar-refractivity contribution in [2.75, 3.05) is 6.54 Å². The third-order valence-electron chi connectivity index (χ3n) is 3.69. The van der Waals surface area contributed by atoms with Gasteiger partial charge < -0.3 is 15.4 Å². The standard InChI is InChI=1S/C19H32N2O2/c1-13-8-9-14(2)17(12-13)16(4)20-11-10-15(3)21-18(22)23-19(5,6)7/h8-9,12,15-16,20H,10-11H2,1-7H3,(H,21,22). The van der Waals surface area contributed by atoms with Gasteiger partial charge in [-0.05, 0) is 72.6 Å². The van der Waals surface area contributed by atoms with Gasteiger partial charge in [0.25, 0.3) is 0 Å². The van der Waals surface area contributed by atoms with Crippen molar-refractivity contribution in [3.05, 3.63) is 34.9 Å². The fraction of sp³-hybridized carbons (Fsp3) is 0.632. The molecule has 0 heterocycles. The van der Waals surface area contributed by atoms with Crippen LogP contribution >= 0.6 is 0 Å². The van der Waals surface area contributed by atoms with E-state index in [0.717, 1.165) is 13.0 Å². The Morgan fingerprint density at radius 1 is 1.22 bits per heavy atom. The zero-order valence-corrected chi connectivity index (χ0v) is 15.6. The molecule has 2 N–H and O–H groups in total. The second kappa shape index (κ2) is 8.34. The van der Waals surface area contributed by atoms with Crippen LogP contribution in [0.5, 0.6) is 0 Å². The third kappa shape index (κ3) is 7.51. The van der Waals surface area contributed by atoms with E-state index < -0.39 is 5.60 Å². The first-order chi connectivity index (χ1) is 10.6. The van der Waals surface area contributed by atoms with Crippen LogP contribution in [0.15, 0.2) is 18.2 Å². The van der Waals surface area contributed by atoms with Gasteiger partial charge in [0.05, 0.1) is 0 Å². The van der Waals surface area contributed by atoms with E-state index in [1.165, 1.54) is 16.7 Å². The zero-order valence-electron chi connectivity index (χ0n) is 15.6. The van der Waals surface area contributed by atoms with Crippen molar-refractivity contribution in [1.82, 2.24) is 10.6 Å². The fourth-order valence-electron chi connectivity index (χ4n) is 2.43. The highest BCUT2D eigenvalue weighted by atomic mass is 16.6. The molecule has 1 aromatic carbocycles. The number of hydrogen-bond acceptors (Lipinski definition) is 3. The minimum absolute atomic E-state index is 0.0724. The first kappa shape index (κ1) is 19.5. The van der Waals surface area contributed by atoms with Gasteiger partial charge >= 0.3 is 6.09 Å². The van der Waals surface area contributed by atoms with Crippen molar-refractivity contribution in [3.63, 3.8) is 0 Å². The van der Waals surface area contributed by atoms with Crippen LogP contribution in [0.2, 0.25) is 0 Å². The Morgan fingerprint density at radius 2 is 1.87 bits per heavy atom. The summed E-state index contributed by atoms with van der Waals surface area (Å²) in [7, 11) is 0. The van der Waals surface area contributed by atoms with Gasteiger partial charge in [-0.25, -0.2) is 4.79 Å². The molecular weight excluding hydrogens is 288 g/mol. The number of carbonyl (C=O) groups is 1. The fourth-order valence-corrected chi connectivity index (χ4v) is 2.43. The number of carbonyl (C=O) groups excluding carboxylic acids is 1. The molecular formula is C19H32N2O2. The van der Waals surface area contributed by atoms with Crippen LogP contribution in [-0.2, 0) is 4.74 Å². The van der Waals surface area contributed by atoms with Crippen molar-refractivity contribution >= 4 is 6.09 Å². The minimum atomic E-state index is -0.459. The van der Waals surface area contributed by atoms with E-state index in [4.69, 9.17) is 4.74 Å². The Morgan fingerprint density at radius 3 is 2.48 bits per heavy atom. The van der Waals surface area contributed by atoms with Crippen LogP contribution in [0.25, 0.3) is 0 Å². The first-order valence-electron chi connectivity index (χ1n) is 8.38. The molecule has 0 saturated heterocycles. The van der Waals surface area contributed by atoms with Crippen LogP contribution in [-0.4, -0.2) is 24.3 Å². The van der Waals surface area contributed by atoms with E-state index in [-0.39, 0.29) is 12.1 Å². The van der Waals surface area contributed by atoms with E-state index >= 15 is 0 Å². The molecule has 0 aliphatic rings. The van der Waals surface area contributed by atoms with Gasteiger partial charge in [-0.3, -0.25) is 0 Å². The highest BCUT2D eigenvalue weighted by Crippen LogP contribution is 2.18. The molecule has 0 saturated carbocycles. The highest BCUT2D eigenvalue weighted by Gasteiger charge is 2.17. The maximum atomic E-state index is 11.7. The lowest BCUT2D eigenvalue weighted by molar-refractivity contribution is 0.0506. The minimum Gasteiger partial charge on any atom is -0.444 e. The van der Waals surface area contributed by atoms with Gasteiger partial charge in [0.2, 0.25) is 0 Å². The zero-order chi connectivity index (χ0) is 17.6. The lowest BCUT2D eigenvalue weighted by Crippen LogP contribution is -2.39. The van der Waals surface area contributed by atoms with Crippen LogP contribution in [0.4, 0.5) is 4.79 Å². The molecule has 2 unspecified atom stereocenters. The molecule has 130 valence electrons. The van der Waals surface area contributed by atoms with Crippen molar-refractivity contribution in [3.8, 4) is 0 Å². The second-order valence-corrected chi connectivity index (χ2v) is 7.37. The predicted molar refractivity (Wildman–Crippen MR) is 95.8 cm³/mol. The molecule has 4 nitrogen and oxygen atoms in total. The third-order valence-corrected chi connectivity index (χ3v) is 3.69. The number of aryl methyl sites for hydroxylation is 2. The molecule has 1 aromatic rings. The quantitative estimate of drug-likeness (QED) is 0.823. The number of hydrogen-bond donors (Lipinski definition) is 2. The summed E-state index contributed by atoms with van der Waals surface area (Å²) in [6.45, 7) is 14.9. The summed E-state index contributed by atoms with van der Waals surface area (Å²) in [5.74, 6) is 0. The normalized spacial score (nSPS) is 14.2. The smallest absolute Gasteiger partial charge is 0.407 e. The number of nitrogens with one attached hydrogen (secondary N) is 2. The van der Waals surface area contributed by atoms with Crippen molar-refractivity contribution in [1.29, 1.82) is 0 Å². The second-order valence-electron chi connectivity index (χ2n) is 7.37. The average Bonchev–Trinajstić information content (AvgIpc) is 2.38. The van der Waals surface area contributed by atoms with E-state index in [1.807, 2.05) is 27.7 Å². The number of rotatable bonds is 6.